The molecule has 0 radical (unpaired) electrons. The maximum absolute atomic E-state index is 12.8. The van der Waals surface area contributed by atoms with Gasteiger partial charge in [-0.25, -0.2) is 0 Å². The Morgan fingerprint density at radius 1 is 1.04 bits per heavy atom. The molecule has 0 saturated carbocycles. The van der Waals surface area contributed by atoms with Crippen LogP contribution in [0.4, 0.5) is 5.69 Å². The van der Waals surface area contributed by atoms with Crippen LogP contribution >= 0.6 is 34.8 Å². The van der Waals surface area contributed by atoms with Crippen LogP contribution in [0.15, 0.2) is 36.4 Å². The molecule has 2 amide bonds. The molecule has 5 nitrogen and oxygen atoms in total. The van der Waals surface area contributed by atoms with Gasteiger partial charge in [-0.2, -0.15) is 0 Å². The quantitative estimate of drug-likeness (QED) is 0.688. The molecule has 3 rings (SSSR count). The van der Waals surface area contributed by atoms with Gasteiger partial charge in [0.25, 0.3) is 5.91 Å². The Labute approximate surface area is 171 Å². The highest BCUT2D eigenvalue weighted by molar-refractivity contribution is 6.45. The first-order chi connectivity index (χ1) is 12.9. The first-order valence-electron chi connectivity index (χ1n) is 8.40. The molecule has 2 aromatic rings. The van der Waals surface area contributed by atoms with Gasteiger partial charge in [0.1, 0.15) is 11.3 Å². The second kappa shape index (κ2) is 8.38. The van der Waals surface area contributed by atoms with E-state index in [1.54, 1.807) is 4.90 Å². The summed E-state index contributed by atoms with van der Waals surface area (Å²) in [7, 11) is 0. The van der Waals surface area contributed by atoms with E-state index in [9.17, 15) is 14.7 Å². The van der Waals surface area contributed by atoms with Crippen LogP contribution in [0.3, 0.4) is 0 Å². The van der Waals surface area contributed by atoms with Gasteiger partial charge in [-0.1, -0.05) is 53.0 Å². The third-order valence-corrected chi connectivity index (χ3v) is 5.63. The van der Waals surface area contributed by atoms with Crippen molar-refractivity contribution in [1.82, 2.24) is 4.90 Å². The van der Waals surface area contributed by atoms with Crippen LogP contribution in [-0.4, -0.2) is 34.9 Å². The third kappa shape index (κ3) is 4.32. The SMILES string of the molecule is O=C(Nc1ccccc1)C1CCN(C(=O)c2c(O)c(Cl)cc(Cl)c2Cl)CC1. The molecule has 0 spiro atoms. The van der Waals surface area contributed by atoms with Gasteiger partial charge < -0.3 is 15.3 Å². The molecule has 27 heavy (non-hydrogen) atoms. The summed E-state index contributed by atoms with van der Waals surface area (Å²) in [5.74, 6) is -1.11. The van der Waals surface area contributed by atoms with Crippen LogP contribution in [0.1, 0.15) is 23.2 Å². The zero-order valence-corrected chi connectivity index (χ0v) is 16.5. The van der Waals surface area contributed by atoms with Gasteiger partial charge in [0, 0.05) is 24.7 Å². The summed E-state index contributed by atoms with van der Waals surface area (Å²) in [6, 6.07) is 10.5. The topological polar surface area (TPSA) is 69.6 Å². The number of hydrogen-bond donors (Lipinski definition) is 2. The molecule has 2 N–H and O–H groups in total. The number of halogens is 3. The van der Waals surface area contributed by atoms with Gasteiger partial charge in [-0.3, -0.25) is 9.59 Å². The fourth-order valence-corrected chi connectivity index (χ4v) is 3.74. The number of amides is 2. The number of likely N-dealkylation sites (tertiary alicyclic amines) is 1. The van der Waals surface area contributed by atoms with Crippen LogP contribution in [0.2, 0.25) is 15.1 Å². The van der Waals surface area contributed by atoms with Crippen molar-refractivity contribution in [3.8, 4) is 5.75 Å². The molecule has 0 atom stereocenters. The lowest BCUT2D eigenvalue weighted by atomic mass is 9.95. The Morgan fingerprint density at radius 2 is 1.67 bits per heavy atom. The van der Waals surface area contributed by atoms with Crippen LogP contribution in [0, 0.1) is 5.92 Å². The lowest BCUT2D eigenvalue weighted by Crippen LogP contribution is -2.41. The summed E-state index contributed by atoms with van der Waals surface area (Å²) >= 11 is 18.0. The minimum atomic E-state index is -0.455. The van der Waals surface area contributed by atoms with Crippen molar-refractivity contribution >= 4 is 52.3 Å². The van der Waals surface area contributed by atoms with Crippen molar-refractivity contribution in [2.45, 2.75) is 12.8 Å². The summed E-state index contributed by atoms with van der Waals surface area (Å²) in [5.41, 5.74) is 0.632. The second-order valence-corrected chi connectivity index (χ2v) is 7.49. The summed E-state index contributed by atoms with van der Waals surface area (Å²) in [6.07, 6.45) is 1.02. The molecule has 1 saturated heterocycles. The van der Waals surface area contributed by atoms with Crippen molar-refractivity contribution in [3.05, 3.63) is 57.0 Å². The van der Waals surface area contributed by atoms with Crippen molar-refractivity contribution < 1.29 is 14.7 Å². The first kappa shape index (κ1) is 19.8. The van der Waals surface area contributed by atoms with Crippen LogP contribution < -0.4 is 5.32 Å². The van der Waals surface area contributed by atoms with E-state index in [4.69, 9.17) is 34.8 Å². The predicted molar refractivity (Wildman–Crippen MR) is 107 cm³/mol. The number of nitrogens with one attached hydrogen (secondary N) is 1. The normalized spacial score (nSPS) is 14.9. The molecule has 0 aliphatic carbocycles. The van der Waals surface area contributed by atoms with E-state index in [0.717, 1.165) is 5.69 Å². The van der Waals surface area contributed by atoms with E-state index in [2.05, 4.69) is 5.32 Å². The highest BCUT2D eigenvalue weighted by Gasteiger charge is 2.31. The standard InChI is InChI=1S/C19H17Cl3N2O3/c20-13-10-14(21)17(25)15(16(13)22)19(27)24-8-6-11(7-9-24)18(26)23-12-4-2-1-3-5-12/h1-5,10-11,25H,6-9H2,(H,23,26). The van der Waals surface area contributed by atoms with Crippen molar-refractivity contribution in [2.24, 2.45) is 5.92 Å². The molecule has 1 aliphatic rings. The fraction of sp³-hybridized carbons (Fsp3) is 0.263. The van der Waals surface area contributed by atoms with Gasteiger partial charge in [-0.15, -0.1) is 0 Å². The fourth-order valence-electron chi connectivity index (χ4n) is 3.05. The van der Waals surface area contributed by atoms with Gasteiger partial charge >= 0.3 is 0 Å². The molecule has 1 fully saturated rings. The number of carbonyl (C=O) groups excluding carboxylic acids is 2. The van der Waals surface area contributed by atoms with E-state index in [1.807, 2.05) is 30.3 Å². The number of carbonyl (C=O) groups is 2. The van der Waals surface area contributed by atoms with Crippen molar-refractivity contribution in [2.75, 3.05) is 18.4 Å². The second-order valence-electron chi connectivity index (χ2n) is 6.30. The number of phenols is 1. The number of phenolic OH excluding ortho intramolecular Hbond substituents is 1. The summed E-state index contributed by atoms with van der Waals surface area (Å²) in [4.78, 5) is 26.7. The Bertz CT molecular complexity index is 840. The smallest absolute Gasteiger partial charge is 0.259 e. The molecule has 142 valence electrons. The van der Waals surface area contributed by atoms with E-state index in [1.165, 1.54) is 6.07 Å². The molecule has 0 unspecified atom stereocenters. The highest BCUT2D eigenvalue weighted by Crippen LogP contribution is 2.39. The lowest BCUT2D eigenvalue weighted by molar-refractivity contribution is -0.121. The maximum Gasteiger partial charge on any atom is 0.259 e. The zero-order chi connectivity index (χ0) is 19.6. The number of rotatable bonds is 3. The largest absolute Gasteiger partial charge is 0.505 e. The molecular weight excluding hydrogens is 411 g/mol. The number of aromatic hydroxyl groups is 1. The van der Waals surface area contributed by atoms with E-state index < -0.39 is 5.91 Å². The van der Waals surface area contributed by atoms with E-state index >= 15 is 0 Å². The Hall–Kier alpha value is -1.95. The number of benzene rings is 2. The molecule has 1 heterocycles. The summed E-state index contributed by atoms with van der Waals surface area (Å²) in [6.45, 7) is 0.733. The van der Waals surface area contributed by atoms with Crippen LogP contribution in [0.5, 0.6) is 5.75 Å². The van der Waals surface area contributed by atoms with E-state index in [-0.39, 0.29) is 38.2 Å². The summed E-state index contributed by atoms with van der Waals surface area (Å²) in [5, 5.41) is 13.0. The average molecular weight is 428 g/mol. The molecular formula is C19H17Cl3N2O3. The number of hydrogen-bond acceptors (Lipinski definition) is 3. The minimum absolute atomic E-state index is 0.0347. The predicted octanol–water partition coefficient (Wildman–Crippen LogP) is 4.84. The third-order valence-electron chi connectivity index (χ3n) is 4.55. The van der Waals surface area contributed by atoms with Gasteiger partial charge in [0.05, 0.1) is 15.1 Å². The monoisotopic (exact) mass is 426 g/mol. The molecule has 1 aliphatic heterocycles. The molecule has 2 aromatic carbocycles. The van der Waals surface area contributed by atoms with Crippen LogP contribution in [0.25, 0.3) is 0 Å². The molecule has 0 bridgehead atoms. The maximum atomic E-state index is 12.8. The Kier molecular flexibility index (Phi) is 6.15. The Balaban J connectivity index is 1.66. The van der Waals surface area contributed by atoms with Gasteiger partial charge in [0.2, 0.25) is 5.91 Å². The summed E-state index contributed by atoms with van der Waals surface area (Å²) < 4.78 is 0. The first-order valence-corrected chi connectivity index (χ1v) is 9.53. The lowest BCUT2D eigenvalue weighted by Gasteiger charge is -2.31. The number of nitrogens with zero attached hydrogens (tertiary/aromatic N) is 1. The molecule has 0 aromatic heterocycles. The minimum Gasteiger partial charge on any atom is -0.505 e. The number of anilines is 1. The number of piperidine rings is 1. The highest BCUT2D eigenvalue weighted by atomic mass is 35.5. The van der Waals surface area contributed by atoms with Gasteiger partial charge in [-0.05, 0) is 31.0 Å². The van der Waals surface area contributed by atoms with Crippen LogP contribution in [-0.2, 0) is 4.79 Å². The van der Waals surface area contributed by atoms with Crippen molar-refractivity contribution in [1.29, 1.82) is 0 Å². The molecule has 8 heteroatoms. The zero-order valence-electron chi connectivity index (χ0n) is 14.2. The average Bonchev–Trinajstić information content (AvgIpc) is 2.67. The van der Waals surface area contributed by atoms with E-state index in [0.29, 0.717) is 25.9 Å². The number of para-hydroxylation sites is 1. The Morgan fingerprint density at radius 3 is 2.30 bits per heavy atom. The van der Waals surface area contributed by atoms with Gasteiger partial charge in [0.15, 0.2) is 0 Å². The van der Waals surface area contributed by atoms with Crippen molar-refractivity contribution in [3.63, 3.8) is 0 Å².